The van der Waals surface area contributed by atoms with Crippen molar-refractivity contribution >= 4 is 11.8 Å². The van der Waals surface area contributed by atoms with Gasteiger partial charge in [0, 0.05) is 11.5 Å². The molecule has 0 aliphatic carbocycles. The summed E-state index contributed by atoms with van der Waals surface area (Å²) in [6, 6.07) is 15.9. The molecule has 0 saturated carbocycles. The Morgan fingerprint density at radius 1 is 0.958 bits per heavy atom. The molecule has 0 saturated heterocycles. The van der Waals surface area contributed by atoms with E-state index in [0.717, 1.165) is 0 Å². The highest BCUT2D eigenvalue weighted by Crippen LogP contribution is 2.24. The molecule has 0 aliphatic heterocycles. The molecule has 126 valence electrons. The molecule has 4 heteroatoms. The van der Waals surface area contributed by atoms with Crippen molar-refractivity contribution in [2.24, 2.45) is 5.92 Å². The zero-order valence-corrected chi connectivity index (χ0v) is 14.2. The number of carbonyl (C=O) groups excluding carboxylic acids is 2. The molecule has 2 rings (SSSR count). The second kappa shape index (κ2) is 8.29. The Morgan fingerprint density at radius 3 is 2.21 bits per heavy atom. The number of hydrogen-bond acceptors (Lipinski definition) is 4. The van der Waals surface area contributed by atoms with Gasteiger partial charge in [-0.15, -0.1) is 0 Å². The average molecular weight is 326 g/mol. The van der Waals surface area contributed by atoms with Crippen LogP contribution in [-0.2, 0) is 9.53 Å². The zero-order valence-electron chi connectivity index (χ0n) is 14.2. The van der Waals surface area contributed by atoms with Crippen molar-refractivity contribution in [2.75, 3.05) is 6.61 Å². The first kappa shape index (κ1) is 17.7. The Kier molecular flexibility index (Phi) is 6.13. The summed E-state index contributed by atoms with van der Waals surface area (Å²) < 4.78 is 10.9. The Balaban J connectivity index is 2.31. The summed E-state index contributed by atoms with van der Waals surface area (Å²) in [6.45, 7) is 5.80. The summed E-state index contributed by atoms with van der Waals surface area (Å²) >= 11 is 0. The molecule has 0 radical (unpaired) electrons. The van der Waals surface area contributed by atoms with E-state index < -0.39 is 12.1 Å². The van der Waals surface area contributed by atoms with Crippen LogP contribution in [0.25, 0.3) is 0 Å². The van der Waals surface area contributed by atoms with Crippen LogP contribution in [0.4, 0.5) is 0 Å². The Labute approximate surface area is 142 Å². The maximum atomic E-state index is 12.7. The Bertz CT molecular complexity index is 692. The van der Waals surface area contributed by atoms with Crippen LogP contribution in [0.1, 0.15) is 36.7 Å². The lowest BCUT2D eigenvalue weighted by molar-refractivity contribution is -0.153. The van der Waals surface area contributed by atoms with Crippen molar-refractivity contribution in [2.45, 2.75) is 26.9 Å². The lowest BCUT2D eigenvalue weighted by atomic mass is 10.0. The second-order valence-corrected chi connectivity index (χ2v) is 5.73. The van der Waals surface area contributed by atoms with Gasteiger partial charge in [0.05, 0.1) is 12.2 Å². The summed E-state index contributed by atoms with van der Waals surface area (Å²) in [5.74, 6) is -0.255. The Hall–Kier alpha value is -2.62. The van der Waals surface area contributed by atoms with Crippen molar-refractivity contribution in [1.82, 2.24) is 0 Å². The molecule has 2 aromatic rings. The standard InChI is InChI=1S/C20H22O4/c1-4-23-20(22)19(14(2)3)24-17-13-9-8-12-16(17)18(21)15-10-6-5-7-11-15/h5-14,19H,4H2,1-3H3. The number of carbonyl (C=O) groups is 2. The Morgan fingerprint density at radius 2 is 1.58 bits per heavy atom. The number of ketones is 1. The topological polar surface area (TPSA) is 52.6 Å². The molecule has 0 aliphatic rings. The van der Waals surface area contributed by atoms with Gasteiger partial charge in [0.15, 0.2) is 11.9 Å². The van der Waals surface area contributed by atoms with E-state index >= 15 is 0 Å². The van der Waals surface area contributed by atoms with Gasteiger partial charge >= 0.3 is 5.97 Å². The molecule has 0 fully saturated rings. The molecule has 2 aromatic carbocycles. The van der Waals surface area contributed by atoms with Gasteiger partial charge < -0.3 is 9.47 Å². The number of esters is 1. The molecule has 0 heterocycles. The van der Waals surface area contributed by atoms with E-state index in [2.05, 4.69) is 0 Å². The van der Waals surface area contributed by atoms with Crippen LogP contribution in [-0.4, -0.2) is 24.5 Å². The van der Waals surface area contributed by atoms with Crippen LogP contribution in [0.15, 0.2) is 54.6 Å². The fraction of sp³-hybridized carbons (Fsp3) is 0.300. The summed E-state index contributed by atoms with van der Waals surface area (Å²) in [7, 11) is 0. The molecule has 1 atom stereocenters. The molecular weight excluding hydrogens is 304 g/mol. The second-order valence-electron chi connectivity index (χ2n) is 5.73. The highest BCUT2D eigenvalue weighted by atomic mass is 16.6. The summed E-state index contributed by atoms with van der Waals surface area (Å²) in [5.41, 5.74) is 1.00. The van der Waals surface area contributed by atoms with Crippen molar-refractivity contribution in [1.29, 1.82) is 0 Å². The SMILES string of the molecule is CCOC(=O)C(Oc1ccccc1C(=O)c1ccccc1)C(C)C. The van der Waals surface area contributed by atoms with Crippen LogP contribution in [0.2, 0.25) is 0 Å². The van der Waals surface area contributed by atoms with E-state index in [1.807, 2.05) is 32.0 Å². The van der Waals surface area contributed by atoms with E-state index in [1.54, 1.807) is 43.3 Å². The molecule has 0 aromatic heterocycles. The highest BCUT2D eigenvalue weighted by molar-refractivity contribution is 6.10. The minimum Gasteiger partial charge on any atom is -0.478 e. The largest absolute Gasteiger partial charge is 0.478 e. The number of rotatable bonds is 7. The minimum absolute atomic E-state index is 0.0797. The number of benzene rings is 2. The molecular formula is C20H22O4. The van der Waals surface area contributed by atoms with Gasteiger partial charge in [-0.1, -0.05) is 56.3 Å². The predicted molar refractivity (Wildman–Crippen MR) is 92.2 cm³/mol. The van der Waals surface area contributed by atoms with E-state index in [9.17, 15) is 9.59 Å². The number of hydrogen-bond donors (Lipinski definition) is 0. The van der Waals surface area contributed by atoms with E-state index in [0.29, 0.717) is 16.9 Å². The van der Waals surface area contributed by atoms with Gasteiger partial charge in [0.2, 0.25) is 0 Å². The lowest BCUT2D eigenvalue weighted by Gasteiger charge is -2.22. The molecule has 0 N–H and O–H groups in total. The third-order valence-electron chi connectivity index (χ3n) is 3.55. The molecule has 0 amide bonds. The fourth-order valence-corrected chi connectivity index (χ4v) is 2.32. The van der Waals surface area contributed by atoms with Crippen molar-refractivity contribution in [3.05, 3.63) is 65.7 Å². The monoisotopic (exact) mass is 326 g/mol. The van der Waals surface area contributed by atoms with Gasteiger partial charge in [0.25, 0.3) is 0 Å². The molecule has 4 nitrogen and oxygen atoms in total. The first-order chi connectivity index (χ1) is 11.5. The van der Waals surface area contributed by atoms with Crippen molar-refractivity contribution in [3.63, 3.8) is 0 Å². The third kappa shape index (κ3) is 4.22. The van der Waals surface area contributed by atoms with E-state index in [4.69, 9.17) is 9.47 Å². The molecule has 24 heavy (non-hydrogen) atoms. The first-order valence-corrected chi connectivity index (χ1v) is 8.06. The number of ether oxygens (including phenoxy) is 2. The van der Waals surface area contributed by atoms with Crippen molar-refractivity contribution in [3.8, 4) is 5.75 Å². The predicted octanol–water partition coefficient (Wildman–Crippen LogP) is 3.88. The summed E-state index contributed by atoms with van der Waals surface area (Å²) in [5, 5.41) is 0. The van der Waals surface area contributed by atoms with Gasteiger partial charge in [-0.05, 0) is 19.1 Å². The summed E-state index contributed by atoms with van der Waals surface area (Å²) in [4.78, 5) is 24.8. The van der Waals surface area contributed by atoms with E-state index in [-0.39, 0.29) is 18.3 Å². The minimum atomic E-state index is -0.755. The molecule has 0 spiro atoms. The number of para-hydroxylation sites is 1. The van der Waals surface area contributed by atoms with Gasteiger partial charge in [0.1, 0.15) is 5.75 Å². The smallest absolute Gasteiger partial charge is 0.347 e. The van der Waals surface area contributed by atoms with Gasteiger partial charge in [-0.3, -0.25) is 4.79 Å². The fourth-order valence-electron chi connectivity index (χ4n) is 2.32. The van der Waals surface area contributed by atoms with Gasteiger partial charge in [-0.2, -0.15) is 0 Å². The van der Waals surface area contributed by atoms with Crippen molar-refractivity contribution < 1.29 is 19.1 Å². The maximum Gasteiger partial charge on any atom is 0.347 e. The normalized spacial score (nSPS) is 11.8. The van der Waals surface area contributed by atoms with E-state index in [1.165, 1.54) is 0 Å². The van der Waals surface area contributed by atoms with Crippen LogP contribution in [0, 0.1) is 5.92 Å². The van der Waals surface area contributed by atoms with Crippen LogP contribution < -0.4 is 4.74 Å². The zero-order chi connectivity index (χ0) is 17.5. The van der Waals surface area contributed by atoms with Crippen LogP contribution in [0.3, 0.4) is 0 Å². The molecule has 0 bridgehead atoms. The van der Waals surface area contributed by atoms with Crippen LogP contribution >= 0.6 is 0 Å². The highest BCUT2D eigenvalue weighted by Gasteiger charge is 2.27. The molecule has 1 unspecified atom stereocenters. The quantitative estimate of drug-likeness (QED) is 0.572. The average Bonchev–Trinajstić information content (AvgIpc) is 2.60. The third-order valence-corrected chi connectivity index (χ3v) is 3.55. The van der Waals surface area contributed by atoms with Gasteiger partial charge in [-0.25, -0.2) is 4.79 Å². The summed E-state index contributed by atoms with van der Waals surface area (Å²) in [6.07, 6.45) is -0.755. The maximum absolute atomic E-state index is 12.7. The first-order valence-electron chi connectivity index (χ1n) is 8.06. The lowest BCUT2D eigenvalue weighted by Crippen LogP contribution is -2.34. The van der Waals surface area contributed by atoms with Crippen LogP contribution in [0.5, 0.6) is 5.75 Å².